The topological polar surface area (TPSA) is 26.3 Å². The van der Waals surface area contributed by atoms with Crippen molar-refractivity contribution in [2.24, 2.45) is 11.3 Å². The summed E-state index contributed by atoms with van der Waals surface area (Å²) in [5, 5.41) is 0.0273. The highest BCUT2D eigenvalue weighted by Gasteiger charge is 2.56. The van der Waals surface area contributed by atoms with Crippen molar-refractivity contribution in [2.75, 3.05) is 0 Å². The molecule has 0 aromatic rings. The molecule has 0 aromatic carbocycles. The standard InChI is InChI=1S/C9H13ClO2/c1-5-7-6(10)3-4-9(5,2)8(11)12-7/h5-7H,3-4H2,1-2H3/t5?,6-,7-,9-/m1/s1. The lowest BCUT2D eigenvalue weighted by Gasteiger charge is -2.33. The largest absolute Gasteiger partial charge is 0.460 e. The number of hydrogen-bond acceptors (Lipinski definition) is 2. The number of ether oxygens (including phenoxy) is 1. The lowest BCUT2D eigenvalue weighted by atomic mass is 9.69. The molecule has 1 aliphatic heterocycles. The number of rotatable bonds is 0. The van der Waals surface area contributed by atoms with Gasteiger partial charge in [-0.1, -0.05) is 6.92 Å². The maximum atomic E-state index is 11.5. The summed E-state index contributed by atoms with van der Waals surface area (Å²) < 4.78 is 5.24. The summed E-state index contributed by atoms with van der Waals surface area (Å²) in [6, 6.07) is 0. The molecule has 12 heavy (non-hydrogen) atoms. The van der Waals surface area contributed by atoms with Gasteiger partial charge in [0.05, 0.1) is 10.8 Å². The van der Waals surface area contributed by atoms with Gasteiger partial charge in [0.1, 0.15) is 6.10 Å². The molecule has 0 radical (unpaired) electrons. The minimum atomic E-state index is -0.254. The van der Waals surface area contributed by atoms with Crippen LogP contribution in [0.2, 0.25) is 0 Å². The normalized spacial score (nSPS) is 52.2. The Hall–Kier alpha value is -0.240. The number of alkyl halides is 1. The SMILES string of the molecule is CC1[C@H]2OC(=O)[C@]1(C)CC[C@H]2Cl. The van der Waals surface area contributed by atoms with Gasteiger partial charge in [0.25, 0.3) is 0 Å². The molecule has 1 aliphatic carbocycles. The number of carbonyl (C=O) groups excluding carboxylic acids is 1. The summed E-state index contributed by atoms with van der Waals surface area (Å²) in [6.07, 6.45) is 1.73. The first-order valence-corrected chi connectivity index (χ1v) is 4.84. The van der Waals surface area contributed by atoms with Crippen LogP contribution >= 0.6 is 11.6 Å². The second-order valence-corrected chi connectivity index (χ2v) is 4.69. The molecule has 0 spiro atoms. The Morgan fingerprint density at radius 3 is 2.92 bits per heavy atom. The van der Waals surface area contributed by atoms with Gasteiger partial charge in [-0.3, -0.25) is 4.79 Å². The summed E-state index contributed by atoms with van der Waals surface area (Å²) >= 11 is 6.05. The van der Waals surface area contributed by atoms with Gasteiger partial charge in [-0.25, -0.2) is 0 Å². The van der Waals surface area contributed by atoms with Crippen LogP contribution in [0.15, 0.2) is 0 Å². The van der Waals surface area contributed by atoms with Gasteiger partial charge in [-0.05, 0) is 19.8 Å². The zero-order valence-corrected chi connectivity index (χ0v) is 8.10. The Labute approximate surface area is 77.2 Å². The van der Waals surface area contributed by atoms with Gasteiger partial charge in [-0.2, -0.15) is 0 Å². The van der Waals surface area contributed by atoms with Crippen molar-refractivity contribution in [1.29, 1.82) is 0 Å². The lowest BCUT2D eigenvalue weighted by molar-refractivity contribution is -0.147. The highest BCUT2D eigenvalue weighted by molar-refractivity contribution is 6.21. The fourth-order valence-corrected chi connectivity index (χ4v) is 2.61. The van der Waals surface area contributed by atoms with E-state index in [1.165, 1.54) is 0 Å². The molecular formula is C9H13ClO2. The Kier molecular flexibility index (Phi) is 1.66. The van der Waals surface area contributed by atoms with Crippen molar-refractivity contribution in [1.82, 2.24) is 0 Å². The van der Waals surface area contributed by atoms with Gasteiger partial charge in [0, 0.05) is 5.92 Å². The van der Waals surface area contributed by atoms with Crippen molar-refractivity contribution >= 4 is 17.6 Å². The van der Waals surface area contributed by atoms with Crippen LogP contribution in [0, 0.1) is 11.3 Å². The van der Waals surface area contributed by atoms with Gasteiger partial charge in [-0.15, -0.1) is 11.6 Å². The second-order valence-electron chi connectivity index (χ2n) is 4.13. The van der Waals surface area contributed by atoms with E-state index in [-0.39, 0.29) is 28.8 Å². The molecule has 2 rings (SSSR count). The molecule has 1 saturated carbocycles. The van der Waals surface area contributed by atoms with Gasteiger partial charge >= 0.3 is 5.97 Å². The van der Waals surface area contributed by atoms with Crippen molar-refractivity contribution in [3.63, 3.8) is 0 Å². The average Bonchev–Trinajstić information content (AvgIpc) is 2.17. The van der Waals surface area contributed by atoms with E-state index < -0.39 is 0 Å². The number of halogens is 1. The Bertz CT molecular complexity index is 229. The number of fused-ring (bicyclic) bond motifs is 2. The predicted molar refractivity (Wildman–Crippen MR) is 46.0 cm³/mol. The zero-order valence-electron chi connectivity index (χ0n) is 7.34. The average molecular weight is 189 g/mol. The third kappa shape index (κ3) is 0.846. The summed E-state index contributed by atoms with van der Waals surface area (Å²) in [7, 11) is 0. The summed E-state index contributed by atoms with van der Waals surface area (Å²) in [5.41, 5.74) is -0.254. The lowest BCUT2D eigenvalue weighted by Crippen LogP contribution is -2.38. The molecule has 0 N–H and O–H groups in total. The first-order chi connectivity index (χ1) is 5.55. The molecule has 2 aliphatic rings. The van der Waals surface area contributed by atoms with E-state index in [0.29, 0.717) is 0 Å². The van der Waals surface area contributed by atoms with E-state index in [4.69, 9.17) is 16.3 Å². The van der Waals surface area contributed by atoms with Crippen LogP contribution in [-0.4, -0.2) is 17.5 Å². The quantitative estimate of drug-likeness (QED) is 0.429. The first-order valence-electron chi connectivity index (χ1n) is 4.41. The van der Waals surface area contributed by atoms with Crippen molar-refractivity contribution in [3.8, 4) is 0 Å². The molecule has 0 amide bonds. The highest BCUT2D eigenvalue weighted by Crippen LogP contribution is 2.50. The molecule has 1 unspecified atom stereocenters. The molecule has 0 aromatic heterocycles. The van der Waals surface area contributed by atoms with Crippen LogP contribution in [0.1, 0.15) is 26.7 Å². The molecule has 2 nitrogen and oxygen atoms in total. The Morgan fingerprint density at radius 2 is 2.33 bits per heavy atom. The van der Waals surface area contributed by atoms with Crippen LogP contribution in [0.4, 0.5) is 0 Å². The first kappa shape index (κ1) is 8.36. The third-order valence-electron chi connectivity index (χ3n) is 3.50. The van der Waals surface area contributed by atoms with E-state index in [2.05, 4.69) is 6.92 Å². The minimum Gasteiger partial charge on any atom is -0.460 e. The molecule has 2 fully saturated rings. The van der Waals surface area contributed by atoms with E-state index in [0.717, 1.165) is 12.8 Å². The van der Waals surface area contributed by atoms with E-state index >= 15 is 0 Å². The monoisotopic (exact) mass is 188 g/mol. The molecule has 4 atom stereocenters. The van der Waals surface area contributed by atoms with Crippen molar-refractivity contribution < 1.29 is 9.53 Å². The van der Waals surface area contributed by atoms with Crippen LogP contribution in [0.25, 0.3) is 0 Å². The third-order valence-corrected chi connectivity index (χ3v) is 3.97. The van der Waals surface area contributed by atoms with Crippen molar-refractivity contribution in [2.45, 2.75) is 38.2 Å². The predicted octanol–water partition coefficient (Wildman–Crippen LogP) is 1.96. The van der Waals surface area contributed by atoms with Crippen molar-refractivity contribution in [3.05, 3.63) is 0 Å². The highest BCUT2D eigenvalue weighted by atomic mass is 35.5. The van der Waals surface area contributed by atoms with E-state index in [9.17, 15) is 4.79 Å². The van der Waals surface area contributed by atoms with E-state index in [1.807, 2.05) is 6.92 Å². The summed E-state index contributed by atoms with van der Waals surface area (Å²) in [4.78, 5) is 11.5. The fourth-order valence-electron chi connectivity index (χ4n) is 2.23. The summed E-state index contributed by atoms with van der Waals surface area (Å²) in [6.45, 7) is 4.05. The molecule has 3 heteroatoms. The Balaban J connectivity index is 2.34. The number of esters is 1. The number of carbonyl (C=O) groups is 1. The van der Waals surface area contributed by atoms with Gasteiger partial charge in [0.2, 0.25) is 0 Å². The maximum Gasteiger partial charge on any atom is 0.312 e. The van der Waals surface area contributed by atoms with E-state index in [1.54, 1.807) is 0 Å². The van der Waals surface area contributed by atoms with Crippen LogP contribution < -0.4 is 0 Å². The van der Waals surface area contributed by atoms with Crippen LogP contribution in [-0.2, 0) is 9.53 Å². The second kappa shape index (κ2) is 2.38. The Morgan fingerprint density at radius 1 is 1.67 bits per heavy atom. The molecule has 2 bridgehead atoms. The zero-order chi connectivity index (χ0) is 8.93. The maximum absolute atomic E-state index is 11.5. The molecule has 1 heterocycles. The molecular weight excluding hydrogens is 176 g/mol. The summed E-state index contributed by atoms with van der Waals surface area (Å²) in [5.74, 6) is 0.226. The smallest absolute Gasteiger partial charge is 0.312 e. The fraction of sp³-hybridized carbons (Fsp3) is 0.889. The van der Waals surface area contributed by atoms with Crippen LogP contribution in [0.3, 0.4) is 0 Å². The molecule has 1 saturated heterocycles. The van der Waals surface area contributed by atoms with Gasteiger partial charge in [0.15, 0.2) is 0 Å². The number of hydrogen-bond donors (Lipinski definition) is 0. The van der Waals surface area contributed by atoms with Gasteiger partial charge < -0.3 is 4.74 Å². The van der Waals surface area contributed by atoms with Crippen LogP contribution in [0.5, 0.6) is 0 Å². The molecule has 68 valence electrons. The minimum absolute atomic E-state index is 0.0273.